The van der Waals surface area contributed by atoms with Crippen LogP contribution < -0.4 is 0 Å². The molecule has 0 spiro atoms. The predicted molar refractivity (Wildman–Crippen MR) is 68.9 cm³/mol. The van der Waals surface area contributed by atoms with E-state index in [-0.39, 0.29) is 6.42 Å². The van der Waals surface area contributed by atoms with Crippen LogP contribution in [0.2, 0.25) is 0 Å². The molecular weight excluding hydrogens is 268 g/mol. The summed E-state index contributed by atoms with van der Waals surface area (Å²) in [7, 11) is 0. The molecule has 0 saturated heterocycles. The Morgan fingerprint density at radius 2 is 2.11 bits per heavy atom. The molecule has 3 aromatic rings. The first-order chi connectivity index (χ1) is 9.22. The molecule has 3 nitrogen and oxygen atoms in total. The van der Waals surface area contributed by atoms with Gasteiger partial charge in [-0.25, -0.2) is 13.8 Å². The Hall–Kier alpha value is -2.08. The van der Waals surface area contributed by atoms with E-state index in [9.17, 15) is 8.78 Å². The zero-order valence-electron chi connectivity index (χ0n) is 9.73. The van der Waals surface area contributed by atoms with Crippen LogP contribution in [0.25, 0.3) is 10.7 Å². The van der Waals surface area contributed by atoms with E-state index in [1.165, 1.54) is 23.5 Å². The second-order valence-corrected chi connectivity index (χ2v) is 4.94. The molecule has 0 saturated carbocycles. The highest BCUT2D eigenvalue weighted by atomic mass is 32.1. The molecule has 1 aromatic carbocycles. The number of nitrogens with one attached hydrogen (secondary N) is 1. The Balaban J connectivity index is 1.84. The molecule has 96 valence electrons. The topological polar surface area (TPSA) is 41.6 Å². The van der Waals surface area contributed by atoms with E-state index in [4.69, 9.17) is 0 Å². The third-order valence-corrected chi connectivity index (χ3v) is 3.51. The first-order valence-corrected chi connectivity index (χ1v) is 6.49. The number of thiophene rings is 1. The Morgan fingerprint density at radius 1 is 1.21 bits per heavy atom. The van der Waals surface area contributed by atoms with Crippen LogP contribution >= 0.6 is 11.3 Å². The fourth-order valence-corrected chi connectivity index (χ4v) is 2.39. The lowest BCUT2D eigenvalue weighted by Gasteiger charge is -1.99. The predicted octanol–water partition coefficient (Wildman–Crippen LogP) is 3.40. The van der Waals surface area contributed by atoms with Crippen LogP contribution in [-0.2, 0) is 6.42 Å². The van der Waals surface area contributed by atoms with Crippen molar-refractivity contribution in [1.29, 1.82) is 0 Å². The summed E-state index contributed by atoms with van der Waals surface area (Å²) in [5.41, 5.74) is 0.385. The lowest BCUT2D eigenvalue weighted by atomic mass is 10.1. The zero-order chi connectivity index (χ0) is 13.2. The monoisotopic (exact) mass is 277 g/mol. The number of nitrogens with zero attached hydrogens (tertiary/aromatic N) is 2. The number of H-pyrrole nitrogens is 1. The molecule has 0 radical (unpaired) electrons. The van der Waals surface area contributed by atoms with Gasteiger partial charge in [0.25, 0.3) is 0 Å². The lowest BCUT2D eigenvalue weighted by molar-refractivity contribution is 0.573. The Labute approximate surface area is 111 Å². The fourth-order valence-electron chi connectivity index (χ4n) is 1.74. The van der Waals surface area contributed by atoms with Gasteiger partial charge < -0.3 is 0 Å². The van der Waals surface area contributed by atoms with E-state index in [2.05, 4.69) is 15.2 Å². The molecule has 19 heavy (non-hydrogen) atoms. The van der Waals surface area contributed by atoms with Gasteiger partial charge in [-0.15, -0.1) is 11.3 Å². The SMILES string of the molecule is Fc1ccc(Cc2nc(-c3cccs3)n[nH]2)c(F)c1. The number of aromatic amines is 1. The van der Waals surface area contributed by atoms with Crippen LogP contribution in [0.1, 0.15) is 11.4 Å². The van der Waals surface area contributed by atoms with Gasteiger partial charge in [0.05, 0.1) is 4.88 Å². The van der Waals surface area contributed by atoms with Crippen molar-refractivity contribution < 1.29 is 8.78 Å². The van der Waals surface area contributed by atoms with Crippen LogP contribution in [0.4, 0.5) is 8.78 Å². The highest BCUT2D eigenvalue weighted by Crippen LogP contribution is 2.21. The summed E-state index contributed by atoms with van der Waals surface area (Å²) in [6.07, 6.45) is 0.254. The normalized spacial score (nSPS) is 10.8. The molecule has 0 unspecified atom stereocenters. The summed E-state index contributed by atoms with van der Waals surface area (Å²) in [6.45, 7) is 0. The van der Waals surface area contributed by atoms with Crippen LogP contribution in [0.5, 0.6) is 0 Å². The van der Waals surface area contributed by atoms with Gasteiger partial charge in [-0.1, -0.05) is 12.1 Å². The molecule has 2 aromatic heterocycles. The average molecular weight is 277 g/mol. The minimum atomic E-state index is -0.585. The maximum atomic E-state index is 13.5. The van der Waals surface area contributed by atoms with Gasteiger partial charge in [0.15, 0.2) is 5.82 Å². The molecule has 0 aliphatic carbocycles. The van der Waals surface area contributed by atoms with Crippen LogP contribution in [0.15, 0.2) is 35.7 Å². The van der Waals surface area contributed by atoms with Gasteiger partial charge >= 0.3 is 0 Å². The maximum absolute atomic E-state index is 13.5. The van der Waals surface area contributed by atoms with E-state index < -0.39 is 11.6 Å². The van der Waals surface area contributed by atoms with Gasteiger partial charge in [0.2, 0.25) is 0 Å². The second kappa shape index (κ2) is 4.89. The fraction of sp³-hybridized carbons (Fsp3) is 0.0769. The average Bonchev–Trinajstić information content (AvgIpc) is 3.03. The molecule has 2 heterocycles. The molecule has 0 atom stereocenters. The number of hydrogen-bond acceptors (Lipinski definition) is 3. The molecule has 3 rings (SSSR count). The lowest BCUT2D eigenvalue weighted by Crippen LogP contribution is -1.95. The summed E-state index contributed by atoms with van der Waals surface area (Å²) < 4.78 is 26.3. The Bertz CT molecular complexity index is 692. The molecule has 1 N–H and O–H groups in total. The first-order valence-electron chi connectivity index (χ1n) is 5.61. The smallest absolute Gasteiger partial charge is 0.191 e. The van der Waals surface area contributed by atoms with Crippen molar-refractivity contribution in [3.63, 3.8) is 0 Å². The summed E-state index contributed by atoms with van der Waals surface area (Å²) >= 11 is 1.53. The number of hydrogen-bond donors (Lipinski definition) is 1. The third kappa shape index (κ3) is 2.53. The summed E-state index contributed by atoms with van der Waals surface area (Å²) in [5.74, 6) is -0.0198. The summed E-state index contributed by atoms with van der Waals surface area (Å²) in [5, 5.41) is 8.78. The first kappa shape index (κ1) is 12.0. The van der Waals surface area contributed by atoms with Crippen molar-refractivity contribution in [3.05, 3.63) is 58.7 Å². The van der Waals surface area contributed by atoms with Gasteiger partial charge in [-0.05, 0) is 23.1 Å². The van der Waals surface area contributed by atoms with Crippen LogP contribution in [-0.4, -0.2) is 15.2 Å². The van der Waals surface area contributed by atoms with Crippen molar-refractivity contribution in [2.24, 2.45) is 0 Å². The number of benzene rings is 1. The summed E-state index contributed by atoms with van der Waals surface area (Å²) in [6, 6.07) is 7.34. The van der Waals surface area contributed by atoms with Gasteiger partial charge in [0.1, 0.15) is 17.5 Å². The van der Waals surface area contributed by atoms with Gasteiger partial charge in [0, 0.05) is 12.5 Å². The number of rotatable bonds is 3. The van der Waals surface area contributed by atoms with Gasteiger partial charge in [-0.3, -0.25) is 5.10 Å². The van der Waals surface area contributed by atoms with Crippen molar-refractivity contribution in [2.45, 2.75) is 6.42 Å². The molecule has 6 heteroatoms. The van der Waals surface area contributed by atoms with E-state index in [1.54, 1.807) is 0 Å². The molecule has 0 aliphatic rings. The van der Waals surface area contributed by atoms with Crippen molar-refractivity contribution >= 4 is 11.3 Å². The highest BCUT2D eigenvalue weighted by molar-refractivity contribution is 7.13. The van der Waals surface area contributed by atoms with Crippen molar-refractivity contribution in [2.75, 3.05) is 0 Å². The van der Waals surface area contributed by atoms with Crippen LogP contribution in [0, 0.1) is 11.6 Å². The van der Waals surface area contributed by atoms with Crippen molar-refractivity contribution in [1.82, 2.24) is 15.2 Å². The van der Waals surface area contributed by atoms with E-state index in [0.717, 1.165) is 10.9 Å². The number of aromatic nitrogens is 3. The molecule has 0 bridgehead atoms. The van der Waals surface area contributed by atoms with Crippen molar-refractivity contribution in [3.8, 4) is 10.7 Å². The summed E-state index contributed by atoms with van der Waals surface area (Å²) in [4.78, 5) is 5.24. The zero-order valence-corrected chi connectivity index (χ0v) is 10.5. The quantitative estimate of drug-likeness (QED) is 0.797. The standard InChI is InChI=1S/C13H9F2N3S/c14-9-4-3-8(10(15)7-9)6-12-16-13(18-17-12)11-2-1-5-19-11/h1-5,7H,6H2,(H,16,17,18). The third-order valence-electron chi connectivity index (χ3n) is 2.65. The Kier molecular flexibility index (Phi) is 3.08. The van der Waals surface area contributed by atoms with Gasteiger partial charge in [-0.2, -0.15) is 5.10 Å². The molecular formula is C13H9F2N3S. The van der Waals surface area contributed by atoms with Crippen LogP contribution in [0.3, 0.4) is 0 Å². The van der Waals surface area contributed by atoms with E-state index >= 15 is 0 Å². The highest BCUT2D eigenvalue weighted by Gasteiger charge is 2.10. The second-order valence-electron chi connectivity index (χ2n) is 4.00. The Morgan fingerprint density at radius 3 is 2.84 bits per heavy atom. The minimum absolute atomic E-state index is 0.254. The number of halogens is 2. The molecule has 0 amide bonds. The van der Waals surface area contributed by atoms with E-state index in [1.807, 2.05) is 17.5 Å². The minimum Gasteiger partial charge on any atom is -0.262 e. The van der Waals surface area contributed by atoms with E-state index in [0.29, 0.717) is 17.2 Å². The largest absolute Gasteiger partial charge is 0.262 e. The molecule has 0 aliphatic heterocycles. The molecule has 0 fully saturated rings. The maximum Gasteiger partial charge on any atom is 0.191 e.